The molecule has 1 fully saturated rings. The van der Waals surface area contributed by atoms with Gasteiger partial charge >= 0.3 is 0 Å². The van der Waals surface area contributed by atoms with E-state index in [-0.39, 0.29) is 17.9 Å². The fraction of sp³-hybridized carbons (Fsp3) is 0.385. The molecule has 32 heavy (non-hydrogen) atoms. The number of halogens is 1. The number of anilines is 1. The van der Waals surface area contributed by atoms with Crippen LogP contribution in [0.15, 0.2) is 54.6 Å². The summed E-state index contributed by atoms with van der Waals surface area (Å²) < 4.78 is 16.1. The quantitative estimate of drug-likeness (QED) is 0.589. The first-order chi connectivity index (χ1) is 15.5. The maximum atomic E-state index is 14.1. The molecule has 166 valence electrons. The summed E-state index contributed by atoms with van der Waals surface area (Å²) in [6.45, 7) is 2.09. The van der Waals surface area contributed by atoms with Gasteiger partial charge in [-0.2, -0.15) is 0 Å². The third-order valence-electron chi connectivity index (χ3n) is 6.94. The maximum Gasteiger partial charge on any atom is 0.275 e. The van der Waals surface area contributed by atoms with Gasteiger partial charge in [0.15, 0.2) is 0 Å². The minimum absolute atomic E-state index is 0.106. The molecule has 1 aromatic heterocycles. The summed E-state index contributed by atoms with van der Waals surface area (Å²) in [5.74, 6) is -0.921. The van der Waals surface area contributed by atoms with E-state index in [0.717, 1.165) is 36.6 Å². The average Bonchev–Trinajstić information content (AvgIpc) is 2.95. The lowest BCUT2D eigenvalue weighted by Crippen LogP contribution is -2.65. The number of fused-ring (bicyclic) bond motifs is 3. The van der Waals surface area contributed by atoms with Crippen molar-refractivity contribution < 1.29 is 14.0 Å². The predicted molar refractivity (Wildman–Crippen MR) is 123 cm³/mol. The Balaban J connectivity index is 1.60. The molecule has 0 radical (unpaired) electrons. The fourth-order valence-corrected chi connectivity index (χ4v) is 5.23. The second-order valence-corrected chi connectivity index (χ2v) is 9.23. The van der Waals surface area contributed by atoms with Crippen LogP contribution < -0.4 is 10.2 Å². The van der Waals surface area contributed by atoms with Crippen molar-refractivity contribution in [1.29, 1.82) is 0 Å². The molecule has 2 heterocycles. The van der Waals surface area contributed by atoms with Gasteiger partial charge in [0, 0.05) is 22.6 Å². The van der Waals surface area contributed by atoms with E-state index in [2.05, 4.69) is 5.32 Å². The van der Waals surface area contributed by atoms with Crippen molar-refractivity contribution in [3.05, 3.63) is 66.1 Å². The van der Waals surface area contributed by atoms with Crippen molar-refractivity contribution in [2.24, 2.45) is 0 Å². The van der Waals surface area contributed by atoms with Crippen LogP contribution in [0.25, 0.3) is 10.9 Å². The van der Waals surface area contributed by atoms with E-state index >= 15 is 0 Å². The first kappa shape index (κ1) is 20.7. The van der Waals surface area contributed by atoms with E-state index in [1.807, 2.05) is 34.9 Å². The Kier molecular flexibility index (Phi) is 5.24. The average molecular weight is 434 g/mol. The monoisotopic (exact) mass is 433 g/mol. The number of nitrogens with zero attached hydrogens (tertiary/aromatic N) is 2. The normalized spacial score (nSPS) is 21.9. The van der Waals surface area contributed by atoms with E-state index in [1.165, 1.54) is 29.9 Å². The van der Waals surface area contributed by atoms with Gasteiger partial charge in [-0.15, -0.1) is 0 Å². The lowest BCUT2D eigenvalue weighted by Gasteiger charge is -2.44. The molecule has 5 nitrogen and oxygen atoms in total. The molecule has 0 spiro atoms. The molecule has 3 aromatic rings. The number of amides is 2. The Morgan fingerprint density at radius 3 is 2.53 bits per heavy atom. The van der Waals surface area contributed by atoms with Crippen molar-refractivity contribution in [2.45, 2.75) is 63.6 Å². The third-order valence-corrected chi connectivity index (χ3v) is 6.94. The first-order valence-electron chi connectivity index (χ1n) is 11.5. The van der Waals surface area contributed by atoms with Crippen LogP contribution in [-0.2, 0) is 11.3 Å². The van der Waals surface area contributed by atoms with Crippen molar-refractivity contribution in [1.82, 2.24) is 9.88 Å². The molecule has 6 heteroatoms. The summed E-state index contributed by atoms with van der Waals surface area (Å²) in [4.78, 5) is 29.0. The Labute approximate surface area is 187 Å². The standard InChI is InChI=1S/C26H28FN3O2/c1-26(25(32)28-20-11-4-2-3-5-12-20)17-29-22-14-7-6-9-18(22)15-23(29)24(31)30(26)21-13-8-10-19(27)16-21/h6-10,13-16,20H,2-5,11-12,17H2,1H3,(H,28,32)/t26-/m1/s1. The Morgan fingerprint density at radius 1 is 1.03 bits per heavy atom. The molecule has 0 saturated heterocycles. The van der Waals surface area contributed by atoms with Gasteiger partial charge in [-0.3, -0.25) is 14.5 Å². The van der Waals surface area contributed by atoms with Crippen LogP contribution in [0.1, 0.15) is 55.9 Å². The van der Waals surface area contributed by atoms with Gasteiger partial charge in [0.1, 0.15) is 17.1 Å². The molecule has 1 atom stereocenters. The van der Waals surface area contributed by atoms with Crippen molar-refractivity contribution in [3.63, 3.8) is 0 Å². The van der Waals surface area contributed by atoms with Crippen molar-refractivity contribution >= 4 is 28.4 Å². The number of benzene rings is 2. The minimum Gasteiger partial charge on any atom is -0.351 e. The van der Waals surface area contributed by atoms with E-state index in [9.17, 15) is 14.0 Å². The molecule has 1 aliphatic heterocycles. The summed E-state index contributed by atoms with van der Waals surface area (Å²) >= 11 is 0. The Hall–Kier alpha value is -3.15. The zero-order valence-corrected chi connectivity index (χ0v) is 18.3. The summed E-state index contributed by atoms with van der Waals surface area (Å²) in [6, 6.07) is 15.7. The molecule has 1 aliphatic carbocycles. The van der Waals surface area contributed by atoms with Gasteiger partial charge in [0.25, 0.3) is 5.91 Å². The van der Waals surface area contributed by atoms with Crippen LogP contribution >= 0.6 is 0 Å². The number of hydrogen-bond acceptors (Lipinski definition) is 2. The highest BCUT2D eigenvalue weighted by molar-refractivity contribution is 6.14. The molecule has 2 aromatic carbocycles. The smallest absolute Gasteiger partial charge is 0.275 e. The molecular weight excluding hydrogens is 405 g/mol. The molecule has 1 saturated carbocycles. The molecule has 0 bridgehead atoms. The van der Waals surface area contributed by atoms with E-state index in [4.69, 9.17) is 0 Å². The predicted octanol–water partition coefficient (Wildman–Crippen LogP) is 5.04. The molecule has 2 amide bonds. The fourth-order valence-electron chi connectivity index (χ4n) is 5.23. The largest absolute Gasteiger partial charge is 0.351 e. The lowest BCUT2D eigenvalue weighted by molar-refractivity contribution is -0.127. The number of rotatable bonds is 3. The van der Waals surface area contributed by atoms with Gasteiger partial charge < -0.3 is 9.88 Å². The molecule has 2 aliphatic rings. The summed E-state index contributed by atoms with van der Waals surface area (Å²) in [5, 5.41) is 4.18. The van der Waals surface area contributed by atoms with E-state index in [1.54, 1.807) is 19.1 Å². The second-order valence-electron chi connectivity index (χ2n) is 9.23. The van der Waals surface area contributed by atoms with Crippen LogP contribution in [0.5, 0.6) is 0 Å². The number of carbonyl (C=O) groups is 2. The number of nitrogens with one attached hydrogen (secondary N) is 1. The minimum atomic E-state index is -1.19. The zero-order valence-electron chi connectivity index (χ0n) is 18.3. The number of aromatic nitrogens is 1. The van der Waals surface area contributed by atoms with Crippen LogP contribution in [0, 0.1) is 5.82 Å². The number of carbonyl (C=O) groups excluding carboxylic acids is 2. The molecule has 1 N–H and O–H groups in total. The van der Waals surface area contributed by atoms with Crippen molar-refractivity contribution in [3.8, 4) is 0 Å². The first-order valence-corrected chi connectivity index (χ1v) is 11.5. The Morgan fingerprint density at radius 2 is 1.78 bits per heavy atom. The lowest BCUT2D eigenvalue weighted by atomic mass is 9.92. The topological polar surface area (TPSA) is 54.3 Å². The van der Waals surface area contributed by atoms with Crippen LogP contribution in [0.3, 0.4) is 0 Å². The highest BCUT2D eigenvalue weighted by Crippen LogP contribution is 2.36. The maximum absolute atomic E-state index is 14.1. The SMILES string of the molecule is C[C@]1(C(=O)NC2CCCCCC2)Cn2c(cc3ccccc32)C(=O)N1c1cccc(F)c1. The Bertz CT molecular complexity index is 1180. The number of hydrogen-bond donors (Lipinski definition) is 1. The molecule has 5 rings (SSSR count). The summed E-state index contributed by atoms with van der Waals surface area (Å²) in [5.41, 5.74) is 0.634. The zero-order chi connectivity index (χ0) is 22.3. The van der Waals surface area contributed by atoms with Crippen LogP contribution in [0.2, 0.25) is 0 Å². The summed E-state index contributed by atoms with van der Waals surface area (Å²) in [6.07, 6.45) is 6.48. The van der Waals surface area contributed by atoms with Crippen molar-refractivity contribution in [2.75, 3.05) is 4.90 Å². The van der Waals surface area contributed by atoms with E-state index in [0.29, 0.717) is 17.9 Å². The third kappa shape index (κ3) is 3.48. The van der Waals surface area contributed by atoms with Crippen LogP contribution in [-0.4, -0.2) is 28.0 Å². The highest BCUT2D eigenvalue weighted by atomic mass is 19.1. The number of para-hydroxylation sites is 1. The van der Waals surface area contributed by atoms with Gasteiger partial charge in [0.05, 0.1) is 6.54 Å². The molecule has 0 unspecified atom stereocenters. The van der Waals surface area contributed by atoms with Gasteiger partial charge in [-0.05, 0) is 50.1 Å². The van der Waals surface area contributed by atoms with Crippen LogP contribution in [0.4, 0.5) is 10.1 Å². The van der Waals surface area contributed by atoms with Gasteiger partial charge in [-0.25, -0.2) is 4.39 Å². The highest BCUT2D eigenvalue weighted by Gasteiger charge is 2.49. The molecular formula is C26H28FN3O2. The van der Waals surface area contributed by atoms with Gasteiger partial charge in [-0.1, -0.05) is 49.9 Å². The summed E-state index contributed by atoms with van der Waals surface area (Å²) in [7, 11) is 0. The van der Waals surface area contributed by atoms with E-state index < -0.39 is 11.4 Å². The van der Waals surface area contributed by atoms with Gasteiger partial charge in [0.2, 0.25) is 5.91 Å². The second kappa shape index (κ2) is 8.08.